The van der Waals surface area contributed by atoms with Gasteiger partial charge in [0.1, 0.15) is 12.7 Å². The summed E-state index contributed by atoms with van der Waals surface area (Å²) in [5.41, 5.74) is 1.91. The number of aryl methyl sites for hydroxylation is 1. The van der Waals surface area contributed by atoms with E-state index in [9.17, 15) is 19.8 Å². The first kappa shape index (κ1) is 20.4. The van der Waals surface area contributed by atoms with Crippen molar-refractivity contribution >= 4 is 12.1 Å². The van der Waals surface area contributed by atoms with Crippen LogP contribution in [0.5, 0.6) is 0 Å². The van der Waals surface area contributed by atoms with Crippen LogP contribution in [-0.2, 0) is 11.3 Å². The number of aliphatic hydroxyl groups is 2. The van der Waals surface area contributed by atoms with Crippen LogP contribution in [0.1, 0.15) is 39.6 Å². The van der Waals surface area contributed by atoms with Gasteiger partial charge < -0.3 is 25.4 Å². The Morgan fingerprint density at radius 2 is 1.81 bits per heavy atom. The van der Waals surface area contributed by atoms with E-state index >= 15 is 0 Å². The molecule has 0 aromatic heterocycles. The minimum Gasteiger partial charge on any atom is -0.478 e. The Labute approximate surface area is 157 Å². The van der Waals surface area contributed by atoms with E-state index in [1.807, 2.05) is 30.3 Å². The zero-order chi connectivity index (χ0) is 19.8. The first-order valence-electron chi connectivity index (χ1n) is 8.53. The maximum absolute atomic E-state index is 11.7. The molecule has 4 N–H and O–H groups in total. The van der Waals surface area contributed by atoms with E-state index in [0.717, 1.165) is 5.56 Å². The first-order valence-corrected chi connectivity index (χ1v) is 8.53. The highest BCUT2D eigenvalue weighted by atomic mass is 16.5. The van der Waals surface area contributed by atoms with Crippen molar-refractivity contribution in [3.8, 4) is 0 Å². The molecule has 2 aromatic carbocycles. The summed E-state index contributed by atoms with van der Waals surface area (Å²) in [6, 6.07) is 13.6. The second-order valence-electron chi connectivity index (χ2n) is 6.17. The SMILES string of the molecule is Cc1cc(C(O)C(O)CCNC(=O)OCc2ccccc2)ccc1C(=O)O. The molecule has 0 radical (unpaired) electrons. The number of carboxylic acids is 1. The van der Waals surface area contributed by atoms with Crippen LogP contribution in [0.4, 0.5) is 4.79 Å². The van der Waals surface area contributed by atoms with Crippen molar-refractivity contribution in [2.45, 2.75) is 32.2 Å². The van der Waals surface area contributed by atoms with Gasteiger partial charge in [-0.1, -0.05) is 42.5 Å². The number of ether oxygens (including phenoxy) is 1. The Hall–Kier alpha value is -2.90. The quantitative estimate of drug-likeness (QED) is 0.565. The number of benzene rings is 2. The zero-order valence-electron chi connectivity index (χ0n) is 15.0. The maximum atomic E-state index is 11.7. The Balaban J connectivity index is 1.77. The van der Waals surface area contributed by atoms with Crippen LogP contribution in [0.2, 0.25) is 0 Å². The third kappa shape index (κ3) is 6.09. The van der Waals surface area contributed by atoms with Crippen LogP contribution >= 0.6 is 0 Å². The molecule has 0 aliphatic heterocycles. The summed E-state index contributed by atoms with van der Waals surface area (Å²) in [7, 11) is 0. The Morgan fingerprint density at radius 3 is 2.44 bits per heavy atom. The molecule has 1 amide bonds. The summed E-state index contributed by atoms with van der Waals surface area (Å²) in [5.74, 6) is -1.05. The van der Waals surface area contributed by atoms with E-state index in [1.54, 1.807) is 6.92 Å². The molecular formula is C20H23NO6. The van der Waals surface area contributed by atoms with E-state index in [2.05, 4.69) is 5.32 Å². The van der Waals surface area contributed by atoms with Crippen molar-refractivity contribution in [3.05, 3.63) is 70.8 Å². The number of carboxylic acid groups (broad SMARTS) is 1. The summed E-state index contributed by atoms with van der Waals surface area (Å²) >= 11 is 0. The van der Waals surface area contributed by atoms with Crippen LogP contribution in [0, 0.1) is 6.92 Å². The van der Waals surface area contributed by atoms with Gasteiger partial charge in [-0.15, -0.1) is 0 Å². The Morgan fingerprint density at radius 1 is 1.11 bits per heavy atom. The zero-order valence-corrected chi connectivity index (χ0v) is 15.0. The predicted octanol–water partition coefficient (Wildman–Crippen LogP) is 2.40. The molecule has 2 atom stereocenters. The van der Waals surface area contributed by atoms with Gasteiger partial charge >= 0.3 is 12.1 Å². The van der Waals surface area contributed by atoms with E-state index < -0.39 is 24.3 Å². The highest BCUT2D eigenvalue weighted by molar-refractivity contribution is 5.89. The summed E-state index contributed by atoms with van der Waals surface area (Å²) in [5, 5.41) is 31.9. The molecule has 27 heavy (non-hydrogen) atoms. The standard InChI is InChI=1S/C20H23NO6/c1-13-11-15(7-8-16(13)19(24)25)18(23)17(22)9-10-21-20(26)27-12-14-5-3-2-4-6-14/h2-8,11,17-18,22-23H,9-10,12H2,1H3,(H,21,26)(H,24,25). The molecule has 0 aliphatic rings. The molecule has 2 unspecified atom stereocenters. The average Bonchev–Trinajstić information content (AvgIpc) is 2.66. The summed E-state index contributed by atoms with van der Waals surface area (Å²) in [6.07, 6.45) is -2.80. The average molecular weight is 373 g/mol. The van der Waals surface area contributed by atoms with Gasteiger partial charge in [0.2, 0.25) is 0 Å². The third-order valence-corrected chi connectivity index (χ3v) is 4.11. The van der Waals surface area contributed by atoms with Gasteiger partial charge in [-0.25, -0.2) is 9.59 Å². The number of hydrogen-bond acceptors (Lipinski definition) is 5. The van der Waals surface area contributed by atoms with Gasteiger partial charge in [0.15, 0.2) is 0 Å². The number of carbonyl (C=O) groups is 2. The third-order valence-electron chi connectivity index (χ3n) is 4.11. The molecule has 2 rings (SSSR count). The molecule has 0 fully saturated rings. The number of carbonyl (C=O) groups excluding carboxylic acids is 1. The van der Waals surface area contributed by atoms with Crippen LogP contribution < -0.4 is 5.32 Å². The Kier molecular flexibility index (Phi) is 7.34. The topological polar surface area (TPSA) is 116 Å². The van der Waals surface area contributed by atoms with Crippen molar-refractivity contribution < 1.29 is 29.6 Å². The van der Waals surface area contributed by atoms with Crippen molar-refractivity contribution in [1.29, 1.82) is 0 Å². The largest absolute Gasteiger partial charge is 0.478 e. The van der Waals surface area contributed by atoms with Gasteiger partial charge in [0.25, 0.3) is 0 Å². The molecule has 7 nitrogen and oxygen atoms in total. The lowest BCUT2D eigenvalue weighted by molar-refractivity contribution is 0.0136. The molecule has 0 heterocycles. The number of rotatable bonds is 8. The van der Waals surface area contributed by atoms with Crippen molar-refractivity contribution in [2.24, 2.45) is 0 Å². The number of hydrogen-bond donors (Lipinski definition) is 4. The molecule has 7 heteroatoms. The lowest BCUT2D eigenvalue weighted by Gasteiger charge is -2.19. The smallest absolute Gasteiger partial charge is 0.407 e. The summed E-state index contributed by atoms with van der Waals surface area (Å²) in [6.45, 7) is 1.89. The number of aromatic carboxylic acids is 1. The fourth-order valence-corrected chi connectivity index (χ4v) is 2.59. The van der Waals surface area contributed by atoms with Crippen LogP contribution in [0.15, 0.2) is 48.5 Å². The molecular weight excluding hydrogens is 350 g/mol. The molecule has 0 bridgehead atoms. The van der Waals surface area contributed by atoms with E-state index in [0.29, 0.717) is 11.1 Å². The monoisotopic (exact) mass is 373 g/mol. The molecule has 0 aliphatic carbocycles. The Bertz CT molecular complexity index is 777. The summed E-state index contributed by atoms with van der Waals surface area (Å²) < 4.78 is 5.06. The number of nitrogens with one attached hydrogen (secondary N) is 1. The van der Waals surface area contributed by atoms with Crippen molar-refractivity contribution in [3.63, 3.8) is 0 Å². The minimum absolute atomic E-state index is 0.112. The molecule has 0 saturated heterocycles. The van der Waals surface area contributed by atoms with Crippen molar-refractivity contribution in [2.75, 3.05) is 6.54 Å². The number of aliphatic hydroxyl groups excluding tert-OH is 2. The number of alkyl carbamates (subject to hydrolysis) is 1. The molecule has 144 valence electrons. The number of amides is 1. The van der Waals surface area contributed by atoms with Gasteiger partial charge in [-0.2, -0.15) is 0 Å². The van der Waals surface area contributed by atoms with E-state index in [4.69, 9.17) is 9.84 Å². The van der Waals surface area contributed by atoms with Gasteiger partial charge in [0, 0.05) is 6.54 Å². The highest BCUT2D eigenvalue weighted by Gasteiger charge is 2.20. The van der Waals surface area contributed by atoms with E-state index in [-0.39, 0.29) is 25.1 Å². The van der Waals surface area contributed by atoms with Gasteiger partial charge in [-0.3, -0.25) is 0 Å². The van der Waals surface area contributed by atoms with Crippen LogP contribution in [-0.4, -0.2) is 40.0 Å². The fourth-order valence-electron chi connectivity index (χ4n) is 2.59. The fraction of sp³-hybridized carbons (Fsp3) is 0.300. The minimum atomic E-state index is -1.19. The van der Waals surface area contributed by atoms with Gasteiger partial charge in [-0.05, 0) is 36.1 Å². The molecule has 2 aromatic rings. The van der Waals surface area contributed by atoms with Crippen LogP contribution in [0.3, 0.4) is 0 Å². The predicted molar refractivity (Wildman–Crippen MR) is 98.4 cm³/mol. The van der Waals surface area contributed by atoms with Crippen molar-refractivity contribution in [1.82, 2.24) is 5.32 Å². The lowest BCUT2D eigenvalue weighted by Crippen LogP contribution is -2.29. The summed E-state index contributed by atoms with van der Waals surface area (Å²) in [4.78, 5) is 22.7. The lowest BCUT2D eigenvalue weighted by atomic mass is 9.98. The first-order chi connectivity index (χ1) is 12.9. The normalized spacial score (nSPS) is 12.9. The maximum Gasteiger partial charge on any atom is 0.407 e. The second kappa shape index (κ2) is 9.70. The highest BCUT2D eigenvalue weighted by Crippen LogP contribution is 2.21. The van der Waals surface area contributed by atoms with E-state index in [1.165, 1.54) is 18.2 Å². The van der Waals surface area contributed by atoms with Crippen LogP contribution in [0.25, 0.3) is 0 Å². The molecule has 0 spiro atoms. The molecule has 0 saturated carbocycles. The van der Waals surface area contributed by atoms with Gasteiger partial charge in [0.05, 0.1) is 11.7 Å². The second-order valence-corrected chi connectivity index (χ2v) is 6.17.